The van der Waals surface area contributed by atoms with Crippen molar-refractivity contribution in [1.82, 2.24) is 15.0 Å². The number of aryl methyl sites for hydroxylation is 1. The first-order chi connectivity index (χ1) is 12.4. The van der Waals surface area contributed by atoms with E-state index in [0.29, 0.717) is 13.0 Å². The number of sulfonamides is 1. The van der Waals surface area contributed by atoms with E-state index in [1.54, 1.807) is 22.7 Å². The van der Waals surface area contributed by atoms with Gasteiger partial charge in [-0.05, 0) is 44.7 Å². The van der Waals surface area contributed by atoms with Gasteiger partial charge in [-0.3, -0.25) is 4.79 Å². The molecule has 2 N–H and O–H groups in total. The number of hydrogen-bond acceptors (Lipinski definition) is 7. The van der Waals surface area contributed by atoms with E-state index in [1.165, 1.54) is 19.2 Å². The van der Waals surface area contributed by atoms with E-state index in [0.717, 1.165) is 20.5 Å². The van der Waals surface area contributed by atoms with Gasteiger partial charge in [0, 0.05) is 16.8 Å². The van der Waals surface area contributed by atoms with Crippen molar-refractivity contribution in [2.45, 2.75) is 18.4 Å². The summed E-state index contributed by atoms with van der Waals surface area (Å²) >= 11 is 3.25. The van der Waals surface area contributed by atoms with E-state index >= 15 is 0 Å². The number of rotatable bonds is 7. The summed E-state index contributed by atoms with van der Waals surface area (Å²) in [4.78, 5) is 18.8. The van der Waals surface area contributed by atoms with E-state index in [2.05, 4.69) is 15.0 Å². The fourth-order valence-corrected chi connectivity index (χ4v) is 4.50. The number of nitrogens with one attached hydrogen (secondary N) is 2. The van der Waals surface area contributed by atoms with Crippen LogP contribution in [-0.4, -0.2) is 32.9 Å². The van der Waals surface area contributed by atoms with Gasteiger partial charge in [0.2, 0.25) is 5.09 Å². The number of hydrogen-bond donors (Lipinski definition) is 2. The third-order valence-electron chi connectivity index (χ3n) is 3.53. The summed E-state index contributed by atoms with van der Waals surface area (Å²) in [6.07, 6.45) is 0.669. The van der Waals surface area contributed by atoms with E-state index < -0.39 is 15.9 Å². The second kappa shape index (κ2) is 7.70. The third-order valence-corrected chi connectivity index (χ3v) is 6.76. The van der Waals surface area contributed by atoms with Crippen molar-refractivity contribution < 1.29 is 17.6 Å². The van der Waals surface area contributed by atoms with Gasteiger partial charge in [-0.1, -0.05) is 0 Å². The monoisotopic (exact) mass is 411 g/mol. The Balaban J connectivity index is 1.55. The molecule has 0 aliphatic heterocycles. The van der Waals surface area contributed by atoms with Crippen LogP contribution < -0.4 is 10.0 Å². The molecule has 0 aliphatic rings. The summed E-state index contributed by atoms with van der Waals surface area (Å²) in [5, 5.41) is 5.50. The third kappa shape index (κ3) is 4.21. The smallest absolute Gasteiger partial charge is 0.287 e. The first kappa shape index (κ1) is 18.8. The van der Waals surface area contributed by atoms with E-state index in [4.69, 9.17) is 4.42 Å². The Kier molecular flexibility index (Phi) is 5.56. The summed E-state index contributed by atoms with van der Waals surface area (Å²) < 4.78 is 30.5. The van der Waals surface area contributed by atoms with Crippen molar-refractivity contribution in [2.24, 2.45) is 0 Å². The minimum Gasteiger partial charge on any atom is -0.438 e. The molecule has 1 amide bonds. The van der Waals surface area contributed by atoms with E-state index in [1.807, 2.05) is 24.4 Å². The van der Waals surface area contributed by atoms with Crippen LogP contribution in [0.25, 0.3) is 10.6 Å². The van der Waals surface area contributed by atoms with Gasteiger partial charge in [0.1, 0.15) is 0 Å². The van der Waals surface area contributed by atoms with Crippen LogP contribution in [0.4, 0.5) is 0 Å². The SMILES string of the molecule is CNS(=O)(=O)c1ccc(C(=O)NCCc2ccc(-c3csc(C)n3)s2)o1. The number of carbonyl (C=O) groups excluding carboxylic acids is 1. The molecule has 3 heterocycles. The minimum atomic E-state index is -3.70. The van der Waals surface area contributed by atoms with Gasteiger partial charge in [0.15, 0.2) is 5.76 Å². The zero-order valence-corrected chi connectivity index (χ0v) is 16.6. The number of carbonyl (C=O) groups is 1. The Morgan fingerprint density at radius 1 is 1.27 bits per heavy atom. The normalized spacial score (nSPS) is 11.6. The van der Waals surface area contributed by atoms with Gasteiger partial charge < -0.3 is 9.73 Å². The lowest BCUT2D eigenvalue weighted by Gasteiger charge is -2.02. The molecular formula is C16H17N3O4S3. The van der Waals surface area contributed by atoms with Gasteiger partial charge in [-0.25, -0.2) is 18.1 Å². The maximum atomic E-state index is 12.1. The molecule has 0 spiro atoms. The number of nitrogens with zero attached hydrogens (tertiary/aromatic N) is 1. The highest BCUT2D eigenvalue weighted by Crippen LogP contribution is 2.29. The van der Waals surface area contributed by atoms with Crippen LogP contribution in [-0.2, 0) is 16.4 Å². The van der Waals surface area contributed by atoms with Gasteiger partial charge in [-0.15, -0.1) is 22.7 Å². The second-order valence-electron chi connectivity index (χ2n) is 5.35. The fraction of sp³-hybridized carbons (Fsp3) is 0.250. The van der Waals surface area contributed by atoms with E-state index in [-0.39, 0.29) is 10.9 Å². The fourth-order valence-electron chi connectivity index (χ4n) is 2.20. The van der Waals surface area contributed by atoms with Crippen LogP contribution in [0.1, 0.15) is 20.4 Å². The maximum Gasteiger partial charge on any atom is 0.287 e. The largest absolute Gasteiger partial charge is 0.438 e. The highest BCUT2D eigenvalue weighted by Gasteiger charge is 2.19. The Bertz CT molecular complexity index is 1020. The summed E-state index contributed by atoms with van der Waals surface area (Å²) in [5.41, 5.74) is 0.974. The summed E-state index contributed by atoms with van der Waals surface area (Å²) in [6, 6.07) is 6.64. The van der Waals surface area contributed by atoms with Crippen molar-refractivity contribution in [1.29, 1.82) is 0 Å². The highest BCUT2D eigenvalue weighted by molar-refractivity contribution is 7.89. The highest BCUT2D eigenvalue weighted by atomic mass is 32.2. The number of furan rings is 1. The average molecular weight is 412 g/mol. The molecule has 3 aromatic rings. The predicted octanol–water partition coefficient (Wildman–Crippen LogP) is 2.65. The molecule has 138 valence electrons. The zero-order valence-electron chi connectivity index (χ0n) is 14.1. The standard InChI is InChI=1S/C16H17N3O4S3/c1-10-19-12(9-24-10)14-5-3-11(25-14)7-8-18-16(20)13-4-6-15(23-13)26(21,22)17-2/h3-6,9,17H,7-8H2,1-2H3,(H,18,20). The lowest BCUT2D eigenvalue weighted by Crippen LogP contribution is -2.25. The van der Waals surface area contributed by atoms with Crippen molar-refractivity contribution in [2.75, 3.05) is 13.6 Å². The van der Waals surface area contributed by atoms with Crippen LogP contribution in [0, 0.1) is 6.92 Å². The lowest BCUT2D eigenvalue weighted by molar-refractivity contribution is 0.0921. The maximum absolute atomic E-state index is 12.1. The van der Waals surface area contributed by atoms with Gasteiger partial charge in [0.05, 0.1) is 15.6 Å². The molecule has 0 fully saturated rings. The van der Waals surface area contributed by atoms with Crippen LogP contribution in [0.2, 0.25) is 0 Å². The van der Waals surface area contributed by atoms with E-state index in [9.17, 15) is 13.2 Å². The van der Waals surface area contributed by atoms with Gasteiger partial charge in [0.25, 0.3) is 15.9 Å². The minimum absolute atomic E-state index is 0.0383. The molecule has 3 aromatic heterocycles. The molecule has 0 radical (unpaired) electrons. The average Bonchev–Trinajstić information content (AvgIpc) is 3.34. The summed E-state index contributed by atoms with van der Waals surface area (Å²) in [7, 11) is -2.42. The number of aromatic nitrogens is 1. The Morgan fingerprint density at radius 3 is 2.77 bits per heavy atom. The number of thiophene rings is 1. The van der Waals surface area contributed by atoms with Crippen LogP contribution in [0.15, 0.2) is 39.2 Å². The zero-order chi connectivity index (χ0) is 18.7. The van der Waals surface area contributed by atoms with Gasteiger partial charge in [-0.2, -0.15) is 0 Å². The molecule has 0 bridgehead atoms. The molecule has 0 aliphatic carbocycles. The molecule has 0 unspecified atom stereocenters. The summed E-state index contributed by atoms with van der Waals surface area (Å²) in [6.45, 7) is 2.39. The second-order valence-corrected chi connectivity index (χ2v) is 9.40. The van der Waals surface area contributed by atoms with Crippen molar-refractivity contribution in [3.8, 4) is 10.6 Å². The predicted molar refractivity (Wildman–Crippen MR) is 101 cm³/mol. The Morgan fingerprint density at radius 2 is 2.08 bits per heavy atom. The number of amides is 1. The Hall–Kier alpha value is -2.01. The molecular weight excluding hydrogens is 394 g/mol. The van der Waals surface area contributed by atoms with Crippen LogP contribution >= 0.6 is 22.7 Å². The molecule has 7 nitrogen and oxygen atoms in total. The topological polar surface area (TPSA) is 101 Å². The molecule has 0 aromatic carbocycles. The van der Waals surface area contributed by atoms with Crippen molar-refractivity contribution in [3.63, 3.8) is 0 Å². The van der Waals surface area contributed by atoms with Crippen molar-refractivity contribution in [3.05, 3.63) is 45.3 Å². The van der Waals surface area contributed by atoms with Crippen molar-refractivity contribution >= 4 is 38.6 Å². The molecule has 0 saturated carbocycles. The first-order valence-corrected chi connectivity index (χ1v) is 10.9. The number of thiazole rings is 1. The molecule has 26 heavy (non-hydrogen) atoms. The lowest BCUT2D eigenvalue weighted by atomic mass is 10.3. The molecule has 10 heteroatoms. The molecule has 3 rings (SSSR count). The van der Waals surface area contributed by atoms with Crippen LogP contribution in [0.5, 0.6) is 0 Å². The molecule has 0 atom stereocenters. The van der Waals surface area contributed by atoms with Gasteiger partial charge >= 0.3 is 0 Å². The Labute approximate surface area is 159 Å². The van der Waals surface area contributed by atoms with Crippen LogP contribution in [0.3, 0.4) is 0 Å². The quantitative estimate of drug-likeness (QED) is 0.622. The first-order valence-electron chi connectivity index (χ1n) is 7.72. The molecule has 0 saturated heterocycles. The summed E-state index contributed by atoms with van der Waals surface area (Å²) in [5.74, 6) is -0.488.